The lowest BCUT2D eigenvalue weighted by Crippen LogP contribution is -2.37. The van der Waals surface area contributed by atoms with Crippen LogP contribution in [0.2, 0.25) is 0 Å². The molecule has 0 aliphatic heterocycles. The zero-order valence-corrected chi connectivity index (χ0v) is 14.1. The van der Waals surface area contributed by atoms with E-state index < -0.39 is 0 Å². The van der Waals surface area contributed by atoms with E-state index in [0.29, 0.717) is 6.04 Å². The number of fused-ring (bicyclic) bond motifs is 1. The molecule has 0 aromatic heterocycles. The Hall–Kier alpha value is -0.470. The van der Waals surface area contributed by atoms with Crippen molar-refractivity contribution in [2.75, 3.05) is 12.3 Å². The average Bonchev–Trinajstić information content (AvgIpc) is 2.94. The first kappa shape index (κ1) is 15.9. The van der Waals surface area contributed by atoms with Crippen LogP contribution in [0.25, 0.3) is 0 Å². The fraction of sp³-hybridized carbons (Fsp3) is 0.667. The van der Waals surface area contributed by atoms with E-state index in [2.05, 4.69) is 44.3 Å². The monoisotopic (exact) mass is 291 g/mol. The summed E-state index contributed by atoms with van der Waals surface area (Å²) in [4.78, 5) is 1.46. The summed E-state index contributed by atoms with van der Waals surface area (Å²) in [5, 5.41) is 3.72. The third-order valence-corrected chi connectivity index (χ3v) is 5.60. The molecule has 20 heavy (non-hydrogen) atoms. The summed E-state index contributed by atoms with van der Waals surface area (Å²) >= 11 is 2.03. The minimum atomic E-state index is 0.637. The van der Waals surface area contributed by atoms with Gasteiger partial charge in [0.1, 0.15) is 0 Å². The van der Waals surface area contributed by atoms with Crippen molar-refractivity contribution in [2.45, 2.75) is 63.8 Å². The molecule has 0 fully saturated rings. The topological polar surface area (TPSA) is 12.0 Å². The molecule has 0 saturated heterocycles. The van der Waals surface area contributed by atoms with Gasteiger partial charge in [-0.3, -0.25) is 0 Å². The molecule has 1 aromatic carbocycles. The fourth-order valence-electron chi connectivity index (χ4n) is 2.86. The second-order valence-corrected chi connectivity index (χ2v) is 7.13. The zero-order valence-electron chi connectivity index (χ0n) is 13.2. The van der Waals surface area contributed by atoms with Crippen LogP contribution in [-0.4, -0.2) is 18.3 Å². The van der Waals surface area contributed by atoms with Crippen molar-refractivity contribution in [1.82, 2.24) is 5.32 Å². The van der Waals surface area contributed by atoms with E-state index in [9.17, 15) is 0 Å². The highest BCUT2D eigenvalue weighted by Crippen LogP contribution is 2.28. The highest BCUT2D eigenvalue weighted by molar-refractivity contribution is 7.99. The number of aryl methyl sites for hydroxylation is 2. The lowest BCUT2D eigenvalue weighted by atomic mass is 10.0. The Kier molecular flexibility index (Phi) is 6.44. The summed E-state index contributed by atoms with van der Waals surface area (Å²) in [6.07, 6.45) is 6.39. The van der Waals surface area contributed by atoms with Gasteiger partial charge in [-0.1, -0.05) is 33.3 Å². The van der Waals surface area contributed by atoms with Gasteiger partial charge in [0, 0.05) is 16.7 Å². The Morgan fingerprint density at radius 1 is 1.20 bits per heavy atom. The molecule has 0 spiro atoms. The summed E-state index contributed by atoms with van der Waals surface area (Å²) in [5.74, 6) is 1.94. The summed E-state index contributed by atoms with van der Waals surface area (Å²) in [7, 11) is 0. The standard InChI is InChI=1S/C18H29NS/c1-4-11-19-18(14(3)5-2)13-20-17-10-9-15-7-6-8-16(15)12-17/h9-10,12,14,18-19H,4-8,11,13H2,1-3H3. The maximum absolute atomic E-state index is 3.72. The summed E-state index contributed by atoms with van der Waals surface area (Å²) in [6, 6.07) is 7.74. The van der Waals surface area contributed by atoms with Gasteiger partial charge in [0.15, 0.2) is 0 Å². The number of benzene rings is 1. The molecule has 0 bridgehead atoms. The largest absolute Gasteiger partial charge is 0.313 e. The third-order valence-electron chi connectivity index (χ3n) is 4.49. The van der Waals surface area contributed by atoms with Crippen molar-refractivity contribution in [2.24, 2.45) is 5.92 Å². The molecule has 1 aromatic rings. The van der Waals surface area contributed by atoms with Crippen LogP contribution < -0.4 is 5.32 Å². The van der Waals surface area contributed by atoms with Gasteiger partial charge in [-0.2, -0.15) is 0 Å². The van der Waals surface area contributed by atoms with Crippen LogP contribution in [0.3, 0.4) is 0 Å². The number of hydrogen-bond acceptors (Lipinski definition) is 2. The van der Waals surface area contributed by atoms with E-state index in [4.69, 9.17) is 0 Å². The molecule has 1 aliphatic rings. The van der Waals surface area contributed by atoms with Crippen molar-refractivity contribution < 1.29 is 0 Å². The zero-order chi connectivity index (χ0) is 14.4. The molecule has 2 atom stereocenters. The van der Waals surface area contributed by atoms with E-state index in [1.54, 1.807) is 11.1 Å². The SMILES string of the molecule is CCCNC(CSc1ccc2c(c1)CCC2)C(C)CC. The Bertz CT molecular complexity index is 416. The molecule has 1 N–H and O–H groups in total. The molecular formula is C18H29NS. The number of rotatable bonds is 8. The molecule has 2 unspecified atom stereocenters. The Morgan fingerprint density at radius 2 is 2.00 bits per heavy atom. The first-order valence-corrected chi connectivity index (χ1v) is 9.21. The fourth-order valence-corrected chi connectivity index (χ4v) is 4.07. The second-order valence-electron chi connectivity index (χ2n) is 6.04. The van der Waals surface area contributed by atoms with Gasteiger partial charge in [0.2, 0.25) is 0 Å². The van der Waals surface area contributed by atoms with Crippen LogP contribution in [-0.2, 0) is 12.8 Å². The van der Waals surface area contributed by atoms with Crippen molar-refractivity contribution >= 4 is 11.8 Å². The molecule has 112 valence electrons. The Morgan fingerprint density at radius 3 is 2.75 bits per heavy atom. The Labute approximate surface area is 128 Å². The maximum atomic E-state index is 3.72. The molecule has 1 nitrogen and oxygen atoms in total. The molecule has 0 heterocycles. The number of thioether (sulfide) groups is 1. The summed E-state index contributed by atoms with van der Waals surface area (Å²) in [6.45, 7) is 8.05. The van der Waals surface area contributed by atoms with Crippen molar-refractivity contribution in [1.29, 1.82) is 0 Å². The van der Waals surface area contributed by atoms with Crippen molar-refractivity contribution in [3.63, 3.8) is 0 Å². The highest BCUT2D eigenvalue weighted by Gasteiger charge is 2.16. The Balaban J connectivity index is 1.91. The van der Waals surface area contributed by atoms with E-state index in [1.165, 1.54) is 42.8 Å². The summed E-state index contributed by atoms with van der Waals surface area (Å²) in [5.41, 5.74) is 3.17. The quantitative estimate of drug-likeness (QED) is 0.698. The van der Waals surface area contributed by atoms with Gasteiger partial charge in [-0.05, 0) is 61.4 Å². The van der Waals surface area contributed by atoms with E-state index in [1.807, 2.05) is 11.8 Å². The van der Waals surface area contributed by atoms with Crippen LogP contribution >= 0.6 is 11.8 Å². The molecule has 2 rings (SSSR count). The molecule has 2 heteroatoms. The molecular weight excluding hydrogens is 262 g/mol. The highest BCUT2D eigenvalue weighted by atomic mass is 32.2. The molecule has 0 amide bonds. The van der Waals surface area contributed by atoms with Crippen LogP contribution in [0.1, 0.15) is 51.2 Å². The van der Waals surface area contributed by atoms with E-state index >= 15 is 0 Å². The maximum Gasteiger partial charge on any atom is 0.0187 e. The first-order valence-electron chi connectivity index (χ1n) is 8.22. The lowest BCUT2D eigenvalue weighted by Gasteiger charge is -2.24. The van der Waals surface area contributed by atoms with Crippen LogP contribution in [0.5, 0.6) is 0 Å². The predicted octanol–water partition coefficient (Wildman–Crippen LogP) is 4.68. The smallest absolute Gasteiger partial charge is 0.0187 e. The third kappa shape index (κ3) is 4.26. The van der Waals surface area contributed by atoms with Crippen LogP contribution in [0, 0.1) is 5.92 Å². The van der Waals surface area contributed by atoms with Crippen LogP contribution in [0.15, 0.2) is 23.1 Å². The average molecular weight is 292 g/mol. The van der Waals surface area contributed by atoms with E-state index in [0.717, 1.165) is 12.5 Å². The molecule has 0 saturated carbocycles. The lowest BCUT2D eigenvalue weighted by molar-refractivity contribution is 0.397. The summed E-state index contributed by atoms with van der Waals surface area (Å²) < 4.78 is 0. The number of nitrogens with one attached hydrogen (secondary N) is 1. The second kappa shape index (κ2) is 8.09. The normalized spacial score (nSPS) is 16.9. The van der Waals surface area contributed by atoms with Gasteiger partial charge >= 0.3 is 0 Å². The van der Waals surface area contributed by atoms with Crippen LogP contribution in [0.4, 0.5) is 0 Å². The van der Waals surface area contributed by atoms with E-state index in [-0.39, 0.29) is 0 Å². The minimum absolute atomic E-state index is 0.637. The van der Waals surface area contributed by atoms with Gasteiger partial charge < -0.3 is 5.32 Å². The molecule has 1 aliphatic carbocycles. The van der Waals surface area contributed by atoms with Gasteiger partial charge in [-0.25, -0.2) is 0 Å². The van der Waals surface area contributed by atoms with Gasteiger partial charge in [0.25, 0.3) is 0 Å². The minimum Gasteiger partial charge on any atom is -0.313 e. The predicted molar refractivity (Wildman–Crippen MR) is 90.7 cm³/mol. The number of hydrogen-bond donors (Lipinski definition) is 1. The van der Waals surface area contributed by atoms with Crippen molar-refractivity contribution in [3.05, 3.63) is 29.3 Å². The molecule has 0 radical (unpaired) electrons. The van der Waals surface area contributed by atoms with Gasteiger partial charge in [-0.15, -0.1) is 11.8 Å². The first-order chi connectivity index (χ1) is 9.74. The van der Waals surface area contributed by atoms with Crippen molar-refractivity contribution in [3.8, 4) is 0 Å². The van der Waals surface area contributed by atoms with Gasteiger partial charge in [0.05, 0.1) is 0 Å².